The van der Waals surface area contributed by atoms with Crippen molar-refractivity contribution in [3.8, 4) is 87.0 Å². The number of aromatic nitrogens is 2. The van der Waals surface area contributed by atoms with Crippen molar-refractivity contribution in [1.29, 1.82) is 0 Å². The standard InChI is InChI=1S/C58H40N2O4S3/c1-61-45-25-21-33-13-5-9-17-37(33)51(45)53-39-19-11-7-15-35(39)31-43(57(53)63-3)49-29-27-47(65-49)41-23-24-42(56-55(41)59-67-60-56)48-28-30-50(66-48)44-32-36-16-8-12-20-40(36)54(58(44)64-4)52-38-18-10-6-14-34(38)22-26-46(52)62-2/h5-32H,1-4H3. The van der Waals surface area contributed by atoms with Crippen LogP contribution in [-0.4, -0.2) is 37.2 Å². The Kier molecular flexibility index (Phi) is 10.2. The summed E-state index contributed by atoms with van der Waals surface area (Å²) < 4.78 is 34.8. The van der Waals surface area contributed by atoms with E-state index in [1.807, 2.05) is 0 Å². The van der Waals surface area contributed by atoms with Gasteiger partial charge in [-0.3, -0.25) is 0 Å². The van der Waals surface area contributed by atoms with E-state index in [9.17, 15) is 0 Å². The lowest BCUT2D eigenvalue weighted by atomic mass is 9.90. The van der Waals surface area contributed by atoms with Crippen LogP contribution in [0.25, 0.3) is 118 Å². The molecule has 0 N–H and O–H groups in total. The molecule has 6 nitrogen and oxygen atoms in total. The van der Waals surface area contributed by atoms with E-state index in [1.165, 1.54) is 11.7 Å². The first-order valence-electron chi connectivity index (χ1n) is 21.8. The Morgan fingerprint density at radius 2 is 0.687 bits per heavy atom. The molecule has 9 aromatic carbocycles. The molecule has 3 aromatic heterocycles. The van der Waals surface area contributed by atoms with Crippen LogP contribution in [0, 0.1) is 0 Å². The molecular formula is C58H40N2O4S3. The Balaban J connectivity index is 0.962. The number of nitrogens with zero attached hydrogens (tertiary/aromatic N) is 2. The first-order valence-corrected chi connectivity index (χ1v) is 24.2. The van der Waals surface area contributed by atoms with Gasteiger partial charge in [0.15, 0.2) is 0 Å². The molecule has 0 unspecified atom stereocenters. The number of methoxy groups -OCH3 is 4. The average Bonchev–Trinajstić information content (AvgIpc) is 4.20. The van der Waals surface area contributed by atoms with Crippen LogP contribution in [0.1, 0.15) is 0 Å². The van der Waals surface area contributed by atoms with Gasteiger partial charge in [0.2, 0.25) is 0 Å². The van der Waals surface area contributed by atoms with Crippen molar-refractivity contribution in [2.45, 2.75) is 0 Å². The van der Waals surface area contributed by atoms with Crippen LogP contribution in [0.3, 0.4) is 0 Å². The van der Waals surface area contributed by atoms with Crippen LogP contribution in [-0.2, 0) is 0 Å². The predicted octanol–water partition coefficient (Wildman–Crippen LogP) is 16.5. The molecule has 0 bridgehead atoms. The molecule has 0 amide bonds. The zero-order valence-corrected chi connectivity index (χ0v) is 39.4. The van der Waals surface area contributed by atoms with Crippen molar-refractivity contribution in [2.24, 2.45) is 0 Å². The number of hydrogen-bond acceptors (Lipinski definition) is 9. The summed E-state index contributed by atoms with van der Waals surface area (Å²) in [6.07, 6.45) is 0. The van der Waals surface area contributed by atoms with Crippen molar-refractivity contribution < 1.29 is 18.9 Å². The monoisotopic (exact) mass is 924 g/mol. The van der Waals surface area contributed by atoms with Crippen molar-refractivity contribution >= 4 is 88.5 Å². The van der Waals surface area contributed by atoms with Gasteiger partial charge >= 0.3 is 0 Å². The molecule has 0 spiro atoms. The van der Waals surface area contributed by atoms with Gasteiger partial charge < -0.3 is 18.9 Å². The third-order valence-electron chi connectivity index (χ3n) is 12.8. The smallest absolute Gasteiger partial charge is 0.136 e. The van der Waals surface area contributed by atoms with Gasteiger partial charge in [0.1, 0.15) is 34.0 Å². The summed E-state index contributed by atoms with van der Waals surface area (Å²) in [5.74, 6) is 3.20. The Bertz CT molecular complexity index is 3650. The van der Waals surface area contributed by atoms with E-state index in [0.29, 0.717) is 0 Å². The Labute approximate surface area is 399 Å². The minimum absolute atomic E-state index is 0.797. The molecule has 0 fully saturated rings. The van der Waals surface area contributed by atoms with Crippen LogP contribution in [0.4, 0.5) is 0 Å². The van der Waals surface area contributed by atoms with Gasteiger partial charge in [-0.25, -0.2) is 0 Å². The third kappa shape index (κ3) is 6.64. The van der Waals surface area contributed by atoms with Crippen molar-refractivity contribution in [3.63, 3.8) is 0 Å². The lowest BCUT2D eigenvalue weighted by Gasteiger charge is -2.20. The second-order valence-electron chi connectivity index (χ2n) is 16.3. The van der Waals surface area contributed by atoms with Gasteiger partial charge in [-0.05, 0) is 91.6 Å². The molecule has 0 aliphatic heterocycles. The van der Waals surface area contributed by atoms with E-state index in [-0.39, 0.29) is 0 Å². The van der Waals surface area contributed by atoms with Crippen LogP contribution < -0.4 is 18.9 Å². The van der Waals surface area contributed by atoms with Crippen molar-refractivity contribution in [1.82, 2.24) is 8.75 Å². The molecule has 0 radical (unpaired) electrons. The predicted molar refractivity (Wildman–Crippen MR) is 282 cm³/mol. The fourth-order valence-electron chi connectivity index (χ4n) is 9.82. The number of hydrogen-bond donors (Lipinski definition) is 0. The number of fused-ring (bicyclic) bond motifs is 5. The van der Waals surface area contributed by atoms with Gasteiger partial charge in [0.05, 0.1) is 40.2 Å². The highest BCUT2D eigenvalue weighted by Crippen LogP contribution is 2.53. The van der Waals surface area contributed by atoms with Crippen LogP contribution in [0.15, 0.2) is 170 Å². The highest BCUT2D eigenvalue weighted by atomic mass is 32.1. The molecule has 0 aliphatic carbocycles. The molecule has 0 saturated heterocycles. The van der Waals surface area contributed by atoms with Crippen LogP contribution in [0.5, 0.6) is 23.0 Å². The third-order valence-corrected chi connectivity index (χ3v) is 15.7. The van der Waals surface area contributed by atoms with E-state index in [2.05, 4.69) is 170 Å². The Hall–Kier alpha value is -7.56. The lowest BCUT2D eigenvalue weighted by molar-refractivity contribution is 0.412. The fourth-order valence-corrected chi connectivity index (χ4v) is 12.5. The summed E-state index contributed by atoms with van der Waals surface area (Å²) in [6, 6.07) is 59.9. The summed E-state index contributed by atoms with van der Waals surface area (Å²) in [7, 11) is 6.99. The molecule has 12 rings (SSSR count). The topological polar surface area (TPSA) is 62.7 Å². The molecule has 12 aromatic rings. The van der Waals surface area contributed by atoms with Gasteiger partial charge in [0, 0.05) is 64.0 Å². The number of ether oxygens (including phenoxy) is 4. The number of benzene rings is 9. The van der Waals surface area contributed by atoms with E-state index < -0.39 is 0 Å². The molecule has 0 saturated carbocycles. The SMILES string of the molecule is COc1ccc2ccccc2c1-c1c(OC)c(-c2ccc(-c3ccc(-c4ccc(-c5cc6ccccc6c(-c6c(OC)ccc7ccccc67)c5OC)s4)c4nsnc34)s2)cc2ccccc12. The van der Waals surface area contributed by atoms with E-state index in [1.54, 1.807) is 51.1 Å². The van der Waals surface area contributed by atoms with Crippen LogP contribution in [0.2, 0.25) is 0 Å². The normalized spacial score (nSPS) is 11.6. The highest BCUT2D eigenvalue weighted by Gasteiger charge is 2.26. The molecule has 0 atom stereocenters. The molecule has 9 heteroatoms. The lowest BCUT2D eigenvalue weighted by Crippen LogP contribution is -1.96. The van der Waals surface area contributed by atoms with Gasteiger partial charge in [-0.15, -0.1) is 22.7 Å². The Morgan fingerprint density at radius 3 is 1.07 bits per heavy atom. The molecule has 0 aliphatic rings. The van der Waals surface area contributed by atoms with Crippen molar-refractivity contribution in [3.05, 3.63) is 170 Å². The molecular weight excluding hydrogens is 885 g/mol. The number of thiophene rings is 2. The molecule has 3 heterocycles. The first kappa shape index (κ1) is 40.9. The molecule has 324 valence electrons. The zero-order valence-electron chi connectivity index (χ0n) is 36.9. The van der Waals surface area contributed by atoms with E-state index >= 15 is 0 Å². The van der Waals surface area contributed by atoms with Gasteiger partial charge in [-0.1, -0.05) is 121 Å². The summed E-state index contributed by atoms with van der Waals surface area (Å²) in [5, 5.41) is 8.92. The highest BCUT2D eigenvalue weighted by molar-refractivity contribution is 7.19. The van der Waals surface area contributed by atoms with Gasteiger partial charge in [-0.2, -0.15) is 8.75 Å². The fraction of sp³-hybridized carbons (Fsp3) is 0.0690. The average molecular weight is 925 g/mol. The van der Waals surface area contributed by atoms with Gasteiger partial charge in [0.25, 0.3) is 0 Å². The second kappa shape index (κ2) is 16.7. The van der Waals surface area contributed by atoms with E-state index in [0.717, 1.165) is 141 Å². The maximum atomic E-state index is 6.42. The zero-order chi connectivity index (χ0) is 45.2. The van der Waals surface area contributed by atoms with Crippen LogP contribution >= 0.6 is 34.4 Å². The second-order valence-corrected chi connectivity index (χ2v) is 19.0. The molecule has 67 heavy (non-hydrogen) atoms. The van der Waals surface area contributed by atoms with Crippen molar-refractivity contribution in [2.75, 3.05) is 28.4 Å². The maximum Gasteiger partial charge on any atom is 0.136 e. The summed E-state index contributed by atoms with van der Waals surface area (Å²) >= 11 is 4.70. The van der Waals surface area contributed by atoms with E-state index in [4.69, 9.17) is 27.7 Å². The minimum Gasteiger partial charge on any atom is -0.496 e. The maximum absolute atomic E-state index is 6.42. The first-order chi connectivity index (χ1) is 33.1. The summed E-state index contributed by atoms with van der Waals surface area (Å²) in [5.41, 5.74) is 9.93. The summed E-state index contributed by atoms with van der Waals surface area (Å²) in [4.78, 5) is 4.38. The quantitative estimate of drug-likeness (QED) is 0.136. The Morgan fingerprint density at radius 1 is 0.328 bits per heavy atom. The minimum atomic E-state index is 0.797. The number of rotatable bonds is 10. The summed E-state index contributed by atoms with van der Waals surface area (Å²) in [6.45, 7) is 0. The largest absolute Gasteiger partial charge is 0.496 e.